The lowest BCUT2D eigenvalue weighted by Crippen LogP contribution is -2.17. The number of alkyl halides is 1. The molecule has 0 bridgehead atoms. The average Bonchev–Trinajstić information content (AvgIpc) is 2.09. The van der Waals surface area contributed by atoms with Gasteiger partial charge in [-0.1, -0.05) is 24.3 Å². The van der Waals surface area contributed by atoms with Crippen LogP contribution in [-0.4, -0.2) is 12.7 Å². The highest BCUT2D eigenvalue weighted by molar-refractivity contribution is 5.26. The summed E-state index contributed by atoms with van der Waals surface area (Å²) in [7, 11) is 0. The highest BCUT2D eigenvalue weighted by Crippen LogP contribution is 2.10. The van der Waals surface area contributed by atoms with Crippen LogP contribution in [0, 0.1) is 6.92 Å². The summed E-state index contributed by atoms with van der Waals surface area (Å²) in [4.78, 5) is 0. The molecule has 1 atom stereocenters. The van der Waals surface area contributed by atoms with Crippen LogP contribution in [0.15, 0.2) is 24.3 Å². The molecule has 0 saturated carbocycles. The van der Waals surface area contributed by atoms with Crippen molar-refractivity contribution in [1.82, 2.24) is 0 Å². The van der Waals surface area contributed by atoms with Gasteiger partial charge in [0.25, 0.3) is 0 Å². The summed E-state index contributed by atoms with van der Waals surface area (Å²) in [5.41, 5.74) is 7.38. The lowest BCUT2D eigenvalue weighted by Gasteiger charge is -2.07. The molecule has 66 valence electrons. The summed E-state index contributed by atoms with van der Waals surface area (Å²) in [6.45, 7) is 2.09. The molecule has 0 aromatic heterocycles. The number of hydrogen-bond acceptors (Lipinski definition) is 1. The molecule has 0 aliphatic rings. The third-order valence-electron chi connectivity index (χ3n) is 1.96. The van der Waals surface area contributed by atoms with Gasteiger partial charge in [0.2, 0.25) is 0 Å². The van der Waals surface area contributed by atoms with Gasteiger partial charge in [-0.25, -0.2) is 4.39 Å². The maximum absolute atomic E-state index is 12.9. The fourth-order valence-corrected chi connectivity index (χ4v) is 1.16. The van der Waals surface area contributed by atoms with Gasteiger partial charge in [-0.3, -0.25) is 0 Å². The molecular formula is C10H14FN. The number of halogens is 1. The molecule has 2 N–H and O–H groups in total. The zero-order valence-corrected chi connectivity index (χ0v) is 7.26. The Morgan fingerprint density at radius 2 is 2.08 bits per heavy atom. The first kappa shape index (κ1) is 9.20. The van der Waals surface area contributed by atoms with Crippen molar-refractivity contribution in [2.75, 3.05) is 6.54 Å². The summed E-state index contributed by atoms with van der Waals surface area (Å²) >= 11 is 0. The molecule has 1 aromatic rings. The molecule has 1 nitrogen and oxygen atoms in total. The van der Waals surface area contributed by atoms with E-state index in [-0.39, 0.29) is 6.54 Å². The molecule has 0 heterocycles. The Morgan fingerprint density at radius 3 is 2.67 bits per heavy atom. The predicted octanol–water partition coefficient (Wildman–Crippen LogP) is 1.83. The first-order chi connectivity index (χ1) is 5.74. The van der Waals surface area contributed by atoms with Crippen molar-refractivity contribution in [2.45, 2.75) is 19.5 Å². The number of rotatable bonds is 3. The van der Waals surface area contributed by atoms with Crippen LogP contribution in [0.4, 0.5) is 4.39 Å². The van der Waals surface area contributed by atoms with Crippen LogP contribution >= 0.6 is 0 Å². The van der Waals surface area contributed by atoms with E-state index in [4.69, 9.17) is 5.73 Å². The van der Waals surface area contributed by atoms with E-state index >= 15 is 0 Å². The Morgan fingerprint density at radius 1 is 1.42 bits per heavy atom. The molecular weight excluding hydrogens is 153 g/mol. The highest BCUT2D eigenvalue weighted by Gasteiger charge is 2.05. The Kier molecular flexibility index (Phi) is 3.23. The zero-order valence-electron chi connectivity index (χ0n) is 7.26. The third kappa shape index (κ3) is 2.31. The van der Waals surface area contributed by atoms with Crippen LogP contribution < -0.4 is 5.73 Å². The van der Waals surface area contributed by atoms with Gasteiger partial charge in [0.1, 0.15) is 6.17 Å². The van der Waals surface area contributed by atoms with Crippen molar-refractivity contribution in [2.24, 2.45) is 5.73 Å². The van der Waals surface area contributed by atoms with Gasteiger partial charge >= 0.3 is 0 Å². The standard InChI is InChI=1S/C10H14FN/c1-8-4-2-3-5-9(8)6-10(11)7-12/h2-5,10H,6-7,12H2,1H3/t10-/m0/s1. The molecule has 0 aliphatic carbocycles. The average molecular weight is 167 g/mol. The van der Waals surface area contributed by atoms with Gasteiger partial charge in [0.05, 0.1) is 0 Å². The maximum Gasteiger partial charge on any atom is 0.116 e. The van der Waals surface area contributed by atoms with Gasteiger partial charge in [-0.15, -0.1) is 0 Å². The van der Waals surface area contributed by atoms with Gasteiger partial charge < -0.3 is 5.73 Å². The van der Waals surface area contributed by atoms with E-state index in [1.165, 1.54) is 0 Å². The predicted molar refractivity (Wildman–Crippen MR) is 48.8 cm³/mol. The van der Waals surface area contributed by atoms with E-state index < -0.39 is 6.17 Å². The van der Waals surface area contributed by atoms with Gasteiger partial charge in [-0.05, 0) is 18.1 Å². The number of hydrogen-bond donors (Lipinski definition) is 1. The van der Waals surface area contributed by atoms with Crippen molar-refractivity contribution >= 4 is 0 Å². The van der Waals surface area contributed by atoms with E-state index in [2.05, 4.69) is 0 Å². The molecule has 0 aliphatic heterocycles. The Labute approximate surface area is 72.4 Å². The second-order valence-corrected chi connectivity index (χ2v) is 2.96. The van der Waals surface area contributed by atoms with Crippen LogP contribution in [0.1, 0.15) is 11.1 Å². The fraction of sp³-hybridized carbons (Fsp3) is 0.400. The van der Waals surface area contributed by atoms with Crippen molar-refractivity contribution in [3.8, 4) is 0 Å². The number of nitrogens with two attached hydrogens (primary N) is 1. The van der Waals surface area contributed by atoms with Crippen LogP contribution in [-0.2, 0) is 6.42 Å². The zero-order chi connectivity index (χ0) is 8.97. The van der Waals surface area contributed by atoms with E-state index in [1.807, 2.05) is 31.2 Å². The lowest BCUT2D eigenvalue weighted by molar-refractivity contribution is 0.340. The molecule has 0 fully saturated rings. The van der Waals surface area contributed by atoms with Crippen molar-refractivity contribution in [3.63, 3.8) is 0 Å². The monoisotopic (exact) mass is 167 g/mol. The second-order valence-electron chi connectivity index (χ2n) is 2.96. The summed E-state index contributed by atoms with van der Waals surface area (Å²) in [5.74, 6) is 0. The second kappa shape index (κ2) is 4.21. The Balaban J connectivity index is 2.69. The molecule has 2 heteroatoms. The Hall–Kier alpha value is -0.890. The van der Waals surface area contributed by atoms with Gasteiger partial charge in [0, 0.05) is 13.0 Å². The minimum atomic E-state index is -0.911. The quantitative estimate of drug-likeness (QED) is 0.730. The maximum atomic E-state index is 12.9. The molecule has 1 rings (SSSR count). The molecule has 0 radical (unpaired) electrons. The summed E-state index contributed by atoms with van der Waals surface area (Å²) < 4.78 is 12.9. The van der Waals surface area contributed by atoms with Crippen LogP contribution in [0.25, 0.3) is 0 Å². The number of aryl methyl sites for hydroxylation is 1. The summed E-state index contributed by atoms with van der Waals surface area (Å²) in [5, 5.41) is 0. The van der Waals surface area contributed by atoms with E-state index in [0.717, 1.165) is 11.1 Å². The van der Waals surface area contributed by atoms with Crippen LogP contribution in [0.5, 0.6) is 0 Å². The molecule has 0 saturated heterocycles. The molecule has 12 heavy (non-hydrogen) atoms. The van der Waals surface area contributed by atoms with Crippen molar-refractivity contribution in [1.29, 1.82) is 0 Å². The fourth-order valence-electron chi connectivity index (χ4n) is 1.16. The van der Waals surface area contributed by atoms with E-state index in [1.54, 1.807) is 0 Å². The first-order valence-electron chi connectivity index (χ1n) is 4.12. The molecule has 0 amide bonds. The minimum Gasteiger partial charge on any atom is -0.328 e. The molecule has 0 unspecified atom stereocenters. The number of benzene rings is 1. The van der Waals surface area contributed by atoms with Gasteiger partial charge in [0.15, 0.2) is 0 Å². The minimum absolute atomic E-state index is 0.105. The van der Waals surface area contributed by atoms with Crippen LogP contribution in [0.2, 0.25) is 0 Å². The van der Waals surface area contributed by atoms with Crippen molar-refractivity contribution < 1.29 is 4.39 Å². The largest absolute Gasteiger partial charge is 0.328 e. The topological polar surface area (TPSA) is 26.0 Å². The Bertz CT molecular complexity index is 247. The van der Waals surface area contributed by atoms with Gasteiger partial charge in [-0.2, -0.15) is 0 Å². The smallest absolute Gasteiger partial charge is 0.116 e. The summed E-state index contributed by atoms with van der Waals surface area (Å²) in [6.07, 6.45) is -0.477. The lowest BCUT2D eigenvalue weighted by atomic mass is 10.0. The van der Waals surface area contributed by atoms with E-state index in [0.29, 0.717) is 6.42 Å². The normalized spacial score (nSPS) is 12.9. The van der Waals surface area contributed by atoms with E-state index in [9.17, 15) is 4.39 Å². The SMILES string of the molecule is Cc1ccccc1C[C@H](F)CN. The molecule has 1 aromatic carbocycles. The third-order valence-corrected chi connectivity index (χ3v) is 1.96. The highest BCUT2D eigenvalue weighted by atomic mass is 19.1. The van der Waals surface area contributed by atoms with Crippen LogP contribution in [0.3, 0.4) is 0 Å². The molecule has 0 spiro atoms. The van der Waals surface area contributed by atoms with Crippen molar-refractivity contribution in [3.05, 3.63) is 35.4 Å². The first-order valence-corrected chi connectivity index (χ1v) is 4.12. The summed E-state index contributed by atoms with van der Waals surface area (Å²) in [6, 6.07) is 7.80.